The van der Waals surface area contributed by atoms with Crippen LogP contribution < -0.4 is 10.1 Å². The maximum atomic E-state index is 12.1. The lowest BCUT2D eigenvalue weighted by molar-refractivity contribution is -0.119. The SMILES string of the molecule is COc1ccccc1NC(=O)COC(=O)c1ccc2ccccc2c1. The summed E-state index contributed by atoms with van der Waals surface area (Å²) in [5.41, 5.74) is 0.931. The Balaban J connectivity index is 1.62. The van der Waals surface area contributed by atoms with Crippen LogP contribution in [0.1, 0.15) is 10.4 Å². The van der Waals surface area contributed by atoms with Crippen LogP contribution in [0.5, 0.6) is 5.75 Å². The van der Waals surface area contributed by atoms with E-state index in [1.807, 2.05) is 30.3 Å². The number of carbonyl (C=O) groups is 2. The molecule has 0 saturated heterocycles. The Bertz CT molecular complexity index is 920. The van der Waals surface area contributed by atoms with Gasteiger partial charge in [0.2, 0.25) is 0 Å². The van der Waals surface area contributed by atoms with Crippen molar-refractivity contribution >= 4 is 28.3 Å². The molecule has 3 aromatic rings. The van der Waals surface area contributed by atoms with E-state index in [0.717, 1.165) is 10.8 Å². The predicted molar refractivity (Wildman–Crippen MR) is 95.9 cm³/mol. The van der Waals surface area contributed by atoms with Crippen LogP contribution >= 0.6 is 0 Å². The molecular formula is C20H17NO4. The van der Waals surface area contributed by atoms with Gasteiger partial charge in [-0.1, -0.05) is 42.5 Å². The standard InChI is InChI=1S/C20H17NO4/c1-24-18-9-5-4-8-17(18)21-19(22)13-25-20(23)16-11-10-14-6-2-3-7-15(14)12-16/h2-12H,13H2,1H3,(H,21,22). The van der Waals surface area contributed by atoms with Crippen LogP contribution in [0.4, 0.5) is 5.69 Å². The fourth-order valence-corrected chi connectivity index (χ4v) is 2.46. The highest BCUT2D eigenvalue weighted by Crippen LogP contribution is 2.22. The summed E-state index contributed by atoms with van der Waals surface area (Å²) in [4.78, 5) is 24.1. The van der Waals surface area contributed by atoms with E-state index < -0.39 is 11.9 Å². The van der Waals surface area contributed by atoms with Crippen LogP contribution in [0.2, 0.25) is 0 Å². The molecule has 0 heterocycles. The molecule has 0 radical (unpaired) electrons. The van der Waals surface area contributed by atoms with E-state index in [4.69, 9.17) is 9.47 Å². The Morgan fingerprint density at radius 2 is 1.64 bits per heavy atom. The highest BCUT2D eigenvalue weighted by atomic mass is 16.5. The predicted octanol–water partition coefficient (Wildman–Crippen LogP) is 3.64. The van der Waals surface area contributed by atoms with Crippen molar-refractivity contribution < 1.29 is 19.1 Å². The van der Waals surface area contributed by atoms with Crippen LogP contribution in [0.3, 0.4) is 0 Å². The average Bonchev–Trinajstić information content (AvgIpc) is 2.66. The molecule has 25 heavy (non-hydrogen) atoms. The van der Waals surface area contributed by atoms with E-state index in [9.17, 15) is 9.59 Å². The van der Waals surface area contributed by atoms with Crippen molar-refractivity contribution in [1.29, 1.82) is 0 Å². The summed E-state index contributed by atoms with van der Waals surface area (Å²) in [6.07, 6.45) is 0. The summed E-state index contributed by atoms with van der Waals surface area (Å²) in [5, 5.41) is 4.63. The Morgan fingerprint density at radius 1 is 0.920 bits per heavy atom. The number of nitrogens with one attached hydrogen (secondary N) is 1. The van der Waals surface area contributed by atoms with Crippen LogP contribution in [0, 0.1) is 0 Å². The number of amides is 1. The molecule has 0 spiro atoms. The van der Waals surface area contributed by atoms with Gasteiger partial charge in [-0.15, -0.1) is 0 Å². The largest absolute Gasteiger partial charge is 0.495 e. The van der Waals surface area contributed by atoms with Crippen molar-refractivity contribution in [3.63, 3.8) is 0 Å². The van der Waals surface area contributed by atoms with Crippen molar-refractivity contribution in [3.8, 4) is 5.75 Å². The number of para-hydroxylation sites is 2. The first-order valence-corrected chi connectivity index (χ1v) is 7.76. The molecule has 1 amide bonds. The lowest BCUT2D eigenvalue weighted by Gasteiger charge is -2.10. The fourth-order valence-electron chi connectivity index (χ4n) is 2.46. The van der Waals surface area contributed by atoms with E-state index in [2.05, 4.69) is 5.32 Å². The lowest BCUT2D eigenvalue weighted by atomic mass is 10.1. The van der Waals surface area contributed by atoms with Gasteiger partial charge >= 0.3 is 5.97 Å². The van der Waals surface area contributed by atoms with E-state index in [0.29, 0.717) is 17.0 Å². The molecule has 126 valence electrons. The van der Waals surface area contributed by atoms with Crippen molar-refractivity contribution in [2.45, 2.75) is 0 Å². The number of methoxy groups -OCH3 is 1. The molecule has 5 nitrogen and oxygen atoms in total. The van der Waals surface area contributed by atoms with Gasteiger partial charge in [0.05, 0.1) is 18.4 Å². The third-order valence-corrected chi connectivity index (χ3v) is 3.70. The fraction of sp³-hybridized carbons (Fsp3) is 0.100. The summed E-state index contributed by atoms with van der Waals surface area (Å²) in [7, 11) is 1.52. The minimum absolute atomic E-state index is 0.371. The molecule has 0 aromatic heterocycles. The number of ether oxygens (including phenoxy) is 2. The molecule has 0 saturated carbocycles. The minimum Gasteiger partial charge on any atom is -0.495 e. The number of hydrogen-bond donors (Lipinski definition) is 1. The molecule has 0 atom stereocenters. The third-order valence-electron chi connectivity index (χ3n) is 3.70. The van der Waals surface area contributed by atoms with Gasteiger partial charge in [0.15, 0.2) is 6.61 Å². The van der Waals surface area contributed by atoms with E-state index in [1.54, 1.807) is 36.4 Å². The van der Waals surface area contributed by atoms with Crippen LogP contribution in [0.25, 0.3) is 10.8 Å². The topological polar surface area (TPSA) is 64.6 Å². The number of carbonyl (C=O) groups excluding carboxylic acids is 2. The number of benzene rings is 3. The normalized spacial score (nSPS) is 10.3. The smallest absolute Gasteiger partial charge is 0.338 e. The van der Waals surface area contributed by atoms with Gasteiger partial charge in [-0.05, 0) is 35.0 Å². The maximum absolute atomic E-state index is 12.1. The first-order valence-electron chi connectivity index (χ1n) is 7.76. The second-order valence-corrected chi connectivity index (χ2v) is 5.39. The quantitative estimate of drug-likeness (QED) is 0.723. The molecule has 0 aliphatic carbocycles. The minimum atomic E-state index is -0.541. The summed E-state index contributed by atoms with van der Waals surface area (Å²) in [6.45, 7) is -0.371. The second-order valence-electron chi connectivity index (χ2n) is 5.39. The second kappa shape index (κ2) is 7.49. The summed E-state index contributed by atoms with van der Waals surface area (Å²) >= 11 is 0. The summed E-state index contributed by atoms with van der Waals surface area (Å²) < 4.78 is 10.3. The molecule has 1 N–H and O–H groups in total. The molecule has 3 aromatic carbocycles. The highest BCUT2D eigenvalue weighted by molar-refractivity contribution is 5.98. The summed E-state index contributed by atoms with van der Waals surface area (Å²) in [6, 6.07) is 20.0. The van der Waals surface area contributed by atoms with Gasteiger partial charge in [-0.2, -0.15) is 0 Å². The van der Waals surface area contributed by atoms with E-state index >= 15 is 0 Å². The Morgan fingerprint density at radius 3 is 2.44 bits per heavy atom. The monoisotopic (exact) mass is 335 g/mol. The molecule has 3 rings (SSSR count). The van der Waals surface area contributed by atoms with Crippen molar-refractivity contribution in [3.05, 3.63) is 72.3 Å². The van der Waals surface area contributed by atoms with E-state index in [-0.39, 0.29) is 6.61 Å². The molecule has 0 bridgehead atoms. The number of anilines is 1. The van der Waals surface area contributed by atoms with Crippen molar-refractivity contribution in [2.75, 3.05) is 19.0 Å². The van der Waals surface area contributed by atoms with Crippen LogP contribution in [-0.2, 0) is 9.53 Å². The zero-order chi connectivity index (χ0) is 17.6. The first kappa shape index (κ1) is 16.5. The Labute approximate surface area is 145 Å². The molecule has 0 unspecified atom stereocenters. The number of hydrogen-bond acceptors (Lipinski definition) is 4. The number of fused-ring (bicyclic) bond motifs is 1. The van der Waals surface area contributed by atoms with Gasteiger partial charge in [-0.3, -0.25) is 4.79 Å². The zero-order valence-corrected chi connectivity index (χ0v) is 13.7. The Kier molecular flexibility index (Phi) is 4.95. The molecule has 5 heteroatoms. The zero-order valence-electron chi connectivity index (χ0n) is 13.7. The average molecular weight is 335 g/mol. The van der Waals surface area contributed by atoms with Crippen molar-refractivity contribution in [2.24, 2.45) is 0 Å². The molecule has 0 aliphatic heterocycles. The van der Waals surface area contributed by atoms with Gasteiger partial charge in [-0.25, -0.2) is 4.79 Å². The number of esters is 1. The van der Waals surface area contributed by atoms with Gasteiger partial charge in [0.1, 0.15) is 5.75 Å². The molecule has 0 fully saturated rings. The maximum Gasteiger partial charge on any atom is 0.338 e. The van der Waals surface area contributed by atoms with Crippen molar-refractivity contribution in [1.82, 2.24) is 0 Å². The van der Waals surface area contributed by atoms with Crippen LogP contribution in [-0.4, -0.2) is 25.6 Å². The van der Waals surface area contributed by atoms with Gasteiger partial charge < -0.3 is 14.8 Å². The van der Waals surface area contributed by atoms with Gasteiger partial charge in [0.25, 0.3) is 5.91 Å². The molecule has 0 aliphatic rings. The first-order chi connectivity index (χ1) is 12.2. The highest BCUT2D eigenvalue weighted by Gasteiger charge is 2.12. The van der Waals surface area contributed by atoms with Crippen LogP contribution in [0.15, 0.2) is 66.7 Å². The Hall–Kier alpha value is -3.34. The summed E-state index contributed by atoms with van der Waals surface area (Å²) in [5.74, 6) is -0.434. The lowest BCUT2D eigenvalue weighted by Crippen LogP contribution is -2.21. The third kappa shape index (κ3) is 3.95. The van der Waals surface area contributed by atoms with Gasteiger partial charge in [0, 0.05) is 0 Å². The molecular weight excluding hydrogens is 318 g/mol. The number of rotatable bonds is 5. The van der Waals surface area contributed by atoms with E-state index in [1.165, 1.54) is 7.11 Å².